The second-order valence-corrected chi connectivity index (χ2v) is 6.12. The van der Waals surface area contributed by atoms with E-state index in [1.165, 1.54) is 5.57 Å². The van der Waals surface area contributed by atoms with E-state index in [9.17, 15) is 0 Å². The first-order valence-electron chi connectivity index (χ1n) is 5.01. The Morgan fingerprint density at radius 2 is 2.00 bits per heavy atom. The molecule has 2 aliphatic rings. The van der Waals surface area contributed by atoms with Crippen molar-refractivity contribution in [2.45, 2.75) is 32.9 Å². The molecule has 0 amide bonds. The molecule has 2 atom stereocenters. The maximum absolute atomic E-state index is 2.45. The third-order valence-corrected chi connectivity index (χ3v) is 4.00. The first-order chi connectivity index (χ1) is 6.50. The summed E-state index contributed by atoms with van der Waals surface area (Å²) in [7, 11) is 0. The van der Waals surface area contributed by atoms with Gasteiger partial charge >= 0.3 is 0 Å². The number of rotatable bonds is 0. The van der Waals surface area contributed by atoms with E-state index in [4.69, 9.17) is 0 Å². The van der Waals surface area contributed by atoms with Crippen molar-refractivity contribution in [3.05, 3.63) is 36.0 Å². The average Bonchev–Trinajstić information content (AvgIpc) is 2.44. The van der Waals surface area contributed by atoms with Crippen LogP contribution in [0.2, 0.25) is 0 Å². The van der Waals surface area contributed by atoms with E-state index in [1.807, 2.05) is 0 Å². The first-order valence-corrected chi connectivity index (χ1v) is 5.97. The monoisotopic (exact) mass is 301 g/mol. The standard InChI is InChI=1S/C12H16IN/c1-12(2,3)11-8-9-6-4-5-7-10(9)14(11)13/h4-8,10-11H,1-3H3. The van der Waals surface area contributed by atoms with E-state index >= 15 is 0 Å². The van der Waals surface area contributed by atoms with E-state index in [1.54, 1.807) is 0 Å². The molecule has 0 aromatic rings. The second-order valence-electron chi connectivity index (χ2n) is 5.01. The molecule has 14 heavy (non-hydrogen) atoms. The zero-order valence-electron chi connectivity index (χ0n) is 8.87. The molecule has 76 valence electrons. The van der Waals surface area contributed by atoms with Crippen LogP contribution in [0, 0.1) is 5.41 Å². The normalized spacial score (nSPS) is 31.9. The molecule has 1 aliphatic heterocycles. The van der Waals surface area contributed by atoms with Crippen LogP contribution in [0.5, 0.6) is 0 Å². The topological polar surface area (TPSA) is 3.24 Å². The van der Waals surface area contributed by atoms with Gasteiger partial charge in [-0.2, -0.15) is 0 Å². The van der Waals surface area contributed by atoms with Crippen LogP contribution in [0.25, 0.3) is 0 Å². The Morgan fingerprint density at radius 1 is 1.29 bits per heavy atom. The van der Waals surface area contributed by atoms with Crippen molar-refractivity contribution in [2.24, 2.45) is 5.41 Å². The molecular weight excluding hydrogens is 285 g/mol. The highest BCUT2D eigenvalue weighted by Gasteiger charge is 2.37. The van der Waals surface area contributed by atoms with Gasteiger partial charge in [0.05, 0.1) is 6.04 Å². The lowest BCUT2D eigenvalue weighted by atomic mass is 9.87. The van der Waals surface area contributed by atoms with Crippen LogP contribution in [0.1, 0.15) is 20.8 Å². The molecule has 0 aromatic carbocycles. The van der Waals surface area contributed by atoms with Gasteiger partial charge < -0.3 is 0 Å². The van der Waals surface area contributed by atoms with Crippen LogP contribution < -0.4 is 0 Å². The Labute approximate surface area is 100 Å². The molecule has 0 N–H and O–H groups in total. The zero-order valence-corrected chi connectivity index (χ0v) is 11.0. The van der Waals surface area contributed by atoms with Crippen molar-refractivity contribution < 1.29 is 0 Å². The van der Waals surface area contributed by atoms with Gasteiger partial charge in [-0.05, 0) is 11.0 Å². The summed E-state index contributed by atoms with van der Waals surface area (Å²) in [5.74, 6) is 0. The van der Waals surface area contributed by atoms with Crippen LogP contribution in [-0.2, 0) is 0 Å². The van der Waals surface area contributed by atoms with Gasteiger partial charge in [0.2, 0.25) is 0 Å². The van der Waals surface area contributed by atoms with Gasteiger partial charge in [-0.25, -0.2) is 3.11 Å². The average molecular weight is 301 g/mol. The Hall–Kier alpha value is -0.0900. The quantitative estimate of drug-likeness (QED) is 0.489. The van der Waals surface area contributed by atoms with Gasteiger partial charge in [0.15, 0.2) is 0 Å². The van der Waals surface area contributed by atoms with Gasteiger partial charge in [-0.15, -0.1) is 0 Å². The number of fused-ring (bicyclic) bond motifs is 1. The highest BCUT2D eigenvalue weighted by Crippen LogP contribution is 2.39. The number of allylic oxidation sites excluding steroid dienone is 2. The van der Waals surface area contributed by atoms with Crippen LogP contribution in [0.3, 0.4) is 0 Å². The van der Waals surface area contributed by atoms with Gasteiger partial charge in [-0.1, -0.05) is 51.2 Å². The van der Waals surface area contributed by atoms with E-state index < -0.39 is 0 Å². The van der Waals surface area contributed by atoms with Crippen LogP contribution in [0.15, 0.2) is 36.0 Å². The minimum absolute atomic E-state index is 0.313. The van der Waals surface area contributed by atoms with Crippen LogP contribution in [-0.4, -0.2) is 15.2 Å². The Morgan fingerprint density at radius 3 is 2.57 bits per heavy atom. The molecule has 0 spiro atoms. The second kappa shape index (κ2) is 3.49. The zero-order chi connectivity index (χ0) is 10.3. The lowest BCUT2D eigenvalue weighted by Gasteiger charge is -2.32. The summed E-state index contributed by atoms with van der Waals surface area (Å²) in [5, 5.41) is 0. The van der Waals surface area contributed by atoms with Crippen molar-refractivity contribution in [1.82, 2.24) is 3.11 Å². The highest BCUT2D eigenvalue weighted by molar-refractivity contribution is 14.1. The van der Waals surface area contributed by atoms with Crippen LogP contribution in [0.4, 0.5) is 0 Å². The summed E-state index contributed by atoms with van der Waals surface area (Å²) < 4.78 is 2.42. The third kappa shape index (κ3) is 1.70. The molecular formula is C12H16IN. The summed E-state index contributed by atoms with van der Waals surface area (Å²) in [6.45, 7) is 6.89. The molecule has 1 heterocycles. The lowest BCUT2D eigenvalue weighted by molar-refractivity contribution is 0.257. The molecule has 0 bridgehead atoms. The van der Waals surface area contributed by atoms with Gasteiger partial charge in [0, 0.05) is 28.9 Å². The fraction of sp³-hybridized carbons (Fsp3) is 0.500. The van der Waals surface area contributed by atoms with Crippen molar-refractivity contribution >= 4 is 22.9 Å². The number of hydrogen-bond acceptors (Lipinski definition) is 1. The minimum atomic E-state index is 0.313. The van der Waals surface area contributed by atoms with E-state index in [0.717, 1.165) is 0 Å². The van der Waals surface area contributed by atoms with E-state index in [2.05, 4.69) is 77.1 Å². The van der Waals surface area contributed by atoms with Gasteiger partial charge in [0.25, 0.3) is 0 Å². The molecule has 0 saturated carbocycles. The van der Waals surface area contributed by atoms with Crippen molar-refractivity contribution in [1.29, 1.82) is 0 Å². The molecule has 0 aromatic heterocycles. The van der Waals surface area contributed by atoms with Crippen LogP contribution >= 0.6 is 22.9 Å². The number of nitrogens with zero attached hydrogens (tertiary/aromatic N) is 1. The largest absolute Gasteiger partial charge is 0.229 e. The Balaban J connectivity index is 2.30. The molecule has 2 heteroatoms. The summed E-state index contributed by atoms with van der Waals surface area (Å²) in [6.07, 6.45) is 11.2. The van der Waals surface area contributed by atoms with Crippen molar-refractivity contribution in [2.75, 3.05) is 0 Å². The third-order valence-electron chi connectivity index (χ3n) is 2.80. The smallest absolute Gasteiger partial charge is 0.0631 e. The summed E-state index contributed by atoms with van der Waals surface area (Å²) in [5.41, 5.74) is 1.76. The lowest BCUT2D eigenvalue weighted by Crippen LogP contribution is -2.37. The van der Waals surface area contributed by atoms with E-state index in [-0.39, 0.29) is 0 Å². The molecule has 1 nitrogen and oxygen atoms in total. The summed E-state index contributed by atoms with van der Waals surface area (Å²) in [6, 6.07) is 1.03. The van der Waals surface area contributed by atoms with E-state index in [0.29, 0.717) is 17.5 Å². The minimum Gasteiger partial charge on any atom is -0.229 e. The predicted molar refractivity (Wildman–Crippen MR) is 69.3 cm³/mol. The fourth-order valence-corrected chi connectivity index (χ4v) is 3.47. The Kier molecular flexibility index (Phi) is 2.60. The Bertz CT molecular complexity index is 320. The van der Waals surface area contributed by atoms with Gasteiger partial charge in [0.1, 0.15) is 0 Å². The predicted octanol–water partition coefficient (Wildman–Crippen LogP) is 3.49. The maximum Gasteiger partial charge on any atom is 0.0631 e. The molecule has 0 radical (unpaired) electrons. The molecule has 0 saturated heterocycles. The molecule has 1 aliphatic carbocycles. The number of halogens is 1. The maximum atomic E-state index is 2.45. The van der Waals surface area contributed by atoms with Crippen molar-refractivity contribution in [3.8, 4) is 0 Å². The molecule has 0 fully saturated rings. The van der Waals surface area contributed by atoms with Crippen molar-refractivity contribution in [3.63, 3.8) is 0 Å². The molecule has 2 rings (SSSR count). The van der Waals surface area contributed by atoms with Gasteiger partial charge in [-0.3, -0.25) is 0 Å². The fourth-order valence-electron chi connectivity index (χ4n) is 1.97. The first kappa shape index (κ1) is 10.4. The molecule has 2 unspecified atom stereocenters. The number of hydrogen-bond donors (Lipinski definition) is 0. The summed E-state index contributed by atoms with van der Waals surface area (Å²) >= 11 is 2.45. The summed E-state index contributed by atoms with van der Waals surface area (Å²) in [4.78, 5) is 0. The highest BCUT2D eigenvalue weighted by atomic mass is 127. The SMILES string of the molecule is CC(C)(C)C1C=C2C=CC=CC2N1I.